The van der Waals surface area contributed by atoms with E-state index < -0.39 is 26.6 Å². The highest BCUT2D eigenvalue weighted by Gasteiger charge is 2.31. The summed E-state index contributed by atoms with van der Waals surface area (Å²) in [4.78, 5) is 13.8. The molecule has 0 unspecified atom stereocenters. The molecule has 9 heteroatoms. The van der Waals surface area contributed by atoms with E-state index in [1.54, 1.807) is 13.8 Å². The van der Waals surface area contributed by atoms with E-state index in [0.29, 0.717) is 6.54 Å². The van der Waals surface area contributed by atoms with E-state index in [-0.39, 0.29) is 0 Å². The first kappa shape index (κ1) is 24.9. The third-order valence-electron chi connectivity index (χ3n) is 4.48. The van der Waals surface area contributed by atoms with Gasteiger partial charge in [0.05, 0.1) is 16.1 Å². The average molecular weight is 427 g/mol. The molecule has 2 rings (SSSR count). The molecule has 0 spiro atoms. The molecule has 2 aromatic rings. The van der Waals surface area contributed by atoms with Gasteiger partial charge in [-0.15, -0.1) is 0 Å². The molecule has 0 aliphatic carbocycles. The van der Waals surface area contributed by atoms with Gasteiger partial charge in [0, 0.05) is 20.1 Å². The summed E-state index contributed by atoms with van der Waals surface area (Å²) in [7, 11) is -1.53. The number of carbonyl (C=O) groups excluding carboxylic acids is 1. The van der Waals surface area contributed by atoms with Gasteiger partial charge in [-0.3, -0.25) is 9.52 Å². The van der Waals surface area contributed by atoms with Gasteiger partial charge in [-0.1, -0.05) is 24.2 Å². The maximum Gasteiger partial charge on any atom is 0.240 e. The Morgan fingerprint density at radius 1 is 1.24 bits per heavy atom. The van der Waals surface area contributed by atoms with E-state index in [2.05, 4.69) is 27.0 Å². The molecule has 164 valence electrons. The zero-order valence-electron chi connectivity index (χ0n) is 18.4. The normalized spacial score (nSPS) is 11.9. The van der Waals surface area contributed by atoms with Crippen molar-refractivity contribution in [1.29, 1.82) is 0 Å². The van der Waals surface area contributed by atoms with Crippen LogP contribution in [0.5, 0.6) is 0 Å². The maximum atomic E-state index is 11.8. The van der Waals surface area contributed by atoms with E-state index >= 15 is 0 Å². The van der Waals surface area contributed by atoms with Crippen molar-refractivity contribution in [2.75, 3.05) is 31.6 Å². The number of fused-ring (bicyclic) bond motifs is 1. The topological polar surface area (TPSA) is 105 Å². The van der Waals surface area contributed by atoms with Gasteiger partial charge in [-0.25, -0.2) is 8.42 Å². The lowest BCUT2D eigenvalue weighted by Gasteiger charge is -2.24. The Bertz CT molecular complexity index is 891. The Balaban J connectivity index is 0.000000294. The molecule has 1 aromatic carbocycles. The summed E-state index contributed by atoms with van der Waals surface area (Å²) in [6.45, 7) is 12.6. The highest BCUT2D eigenvalue weighted by Crippen LogP contribution is 2.24. The van der Waals surface area contributed by atoms with Crippen LogP contribution in [-0.2, 0) is 14.8 Å². The summed E-state index contributed by atoms with van der Waals surface area (Å²) in [6, 6.07) is 7.89. The molecule has 0 atom stereocenters. The standard InChI is InChI=1S/C10H22N2O3S.C10H12N2O/c1-6-11-7-10(4,5)9(13)12-16(14,15)8(2)3;1-3-12(2)10-8-6-4-5-7-9(8)13-11-10/h8,11H,6-7H2,1-5H3,(H,12,13);4-7H,3H2,1-2H3. The second-order valence-corrected chi connectivity index (χ2v) is 9.94. The monoisotopic (exact) mass is 426 g/mol. The molecular weight excluding hydrogens is 392 g/mol. The van der Waals surface area contributed by atoms with Gasteiger partial charge in [0.1, 0.15) is 0 Å². The van der Waals surface area contributed by atoms with E-state index in [1.807, 2.05) is 38.2 Å². The van der Waals surface area contributed by atoms with E-state index in [9.17, 15) is 13.2 Å². The van der Waals surface area contributed by atoms with Crippen LogP contribution in [0.4, 0.5) is 5.82 Å². The number of carbonyl (C=O) groups is 1. The number of sulfonamides is 1. The Morgan fingerprint density at radius 3 is 2.41 bits per heavy atom. The van der Waals surface area contributed by atoms with E-state index in [1.165, 1.54) is 13.8 Å². The minimum Gasteiger partial charge on any atom is -0.357 e. The van der Waals surface area contributed by atoms with Gasteiger partial charge < -0.3 is 14.7 Å². The summed E-state index contributed by atoms with van der Waals surface area (Å²) in [5, 5.41) is 7.52. The van der Waals surface area contributed by atoms with Crippen LogP contribution in [0.3, 0.4) is 0 Å². The predicted molar refractivity (Wildman–Crippen MR) is 117 cm³/mol. The number of benzene rings is 1. The molecule has 1 heterocycles. The van der Waals surface area contributed by atoms with Crippen LogP contribution in [0, 0.1) is 5.41 Å². The fourth-order valence-corrected chi connectivity index (χ4v) is 2.97. The van der Waals surface area contributed by atoms with Crippen molar-refractivity contribution in [1.82, 2.24) is 15.2 Å². The van der Waals surface area contributed by atoms with E-state index in [4.69, 9.17) is 4.52 Å². The fraction of sp³-hybridized carbons (Fsp3) is 0.600. The Labute approximate surface area is 174 Å². The zero-order chi connectivity index (χ0) is 22.2. The van der Waals surface area contributed by atoms with Gasteiger partial charge in [0.15, 0.2) is 11.4 Å². The first-order valence-electron chi connectivity index (χ1n) is 9.78. The molecule has 0 saturated carbocycles. The summed E-state index contributed by atoms with van der Waals surface area (Å²) in [5.74, 6) is 0.445. The Kier molecular flexibility index (Phi) is 9.10. The summed E-state index contributed by atoms with van der Waals surface area (Å²) in [5.41, 5.74) is 0.107. The van der Waals surface area contributed by atoms with Crippen molar-refractivity contribution in [3.05, 3.63) is 24.3 Å². The van der Waals surface area contributed by atoms with Crippen LogP contribution in [-0.4, -0.2) is 51.4 Å². The van der Waals surface area contributed by atoms with E-state index in [0.717, 1.165) is 29.9 Å². The van der Waals surface area contributed by atoms with Crippen LogP contribution in [0.15, 0.2) is 28.8 Å². The Hall–Kier alpha value is -2.13. The predicted octanol–water partition coefficient (Wildman–Crippen LogP) is 2.76. The molecule has 2 N–H and O–H groups in total. The quantitative estimate of drug-likeness (QED) is 0.669. The van der Waals surface area contributed by atoms with Crippen molar-refractivity contribution < 1.29 is 17.7 Å². The molecule has 1 aromatic heterocycles. The van der Waals surface area contributed by atoms with Gasteiger partial charge in [0.2, 0.25) is 15.9 Å². The van der Waals surface area contributed by atoms with Crippen molar-refractivity contribution in [2.45, 2.75) is 46.8 Å². The summed E-state index contributed by atoms with van der Waals surface area (Å²) in [6.07, 6.45) is 0. The average Bonchev–Trinajstić information content (AvgIpc) is 3.10. The van der Waals surface area contributed by atoms with Crippen molar-refractivity contribution in [3.8, 4) is 0 Å². The Morgan fingerprint density at radius 2 is 1.86 bits per heavy atom. The molecule has 0 saturated heterocycles. The van der Waals surface area contributed by atoms with Crippen LogP contribution in [0.2, 0.25) is 0 Å². The van der Waals surface area contributed by atoms with Crippen molar-refractivity contribution >= 4 is 32.7 Å². The van der Waals surface area contributed by atoms with Crippen LogP contribution >= 0.6 is 0 Å². The van der Waals surface area contributed by atoms with Gasteiger partial charge >= 0.3 is 0 Å². The van der Waals surface area contributed by atoms with Crippen LogP contribution < -0.4 is 14.9 Å². The SMILES string of the molecule is CCN(C)c1noc2ccccc12.CCNCC(C)(C)C(=O)NS(=O)(=O)C(C)C. The number of anilines is 1. The minimum absolute atomic E-state index is 0.447. The van der Waals surface area contributed by atoms with Gasteiger partial charge in [0.25, 0.3) is 0 Å². The van der Waals surface area contributed by atoms with Crippen LogP contribution in [0.1, 0.15) is 41.5 Å². The first-order chi connectivity index (χ1) is 13.5. The second-order valence-electron chi connectivity index (χ2n) is 7.71. The lowest BCUT2D eigenvalue weighted by Crippen LogP contribution is -2.47. The number of para-hydroxylation sites is 1. The molecule has 0 aliphatic rings. The fourth-order valence-electron chi connectivity index (χ4n) is 2.20. The number of hydrogen-bond donors (Lipinski definition) is 2. The molecule has 29 heavy (non-hydrogen) atoms. The largest absolute Gasteiger partial charge is 0.357 e. The molecule has 0 aliphatic heterocycles. The summed E-state index contributed by atoms with van der Waals surface area (Å²) >= 11 is 0. The molecule has 0 fully saturated rings. The van der Waals surface area contributed by atoms with Crippen molar-refractivity contribution in [2.24, 2.45) is 5.41 Å². The molecule has 1 amide bonds. The third-order valence-corrected chi connectivity index (χ3v) is 6.19. The number of nitrogens with zero attached hydrogens (tertiary/aromatic N) is 2. The molecule has 0 bridgehead atoms. The van der Waals surface area contributed by atoms with Gasteiger partial charge in [-0.2, -0.15) is 0 Å². The zero-order valence-corrected chi connectivity index (χ0v) is 19.3. The molecule has 8 nitrogen and oxygen atoms in total. The maximum absolute atomic E-state index is 11.8. The minimum atomic E-state index is -3.53. The smallest absolute Gasteiger partial charge is 0.240 e. The van der Waals surface area contributed by atoms with Crippen LogP contribution in [0.25, 0.3) is 11.0 Å². The van der Waals surface area contributed by atoms with Crippen molar-refractivity contribution in [3.63, 3.8) is 0 Å². The number of hydrogen-bond acceptors (Lipinski definition) is 7. The lowest BCUT2D eigenvalue weighted by molar-refractivity contribution is -0.127. The molecular formula is C20H34N4O4S. The third kappa shape index (κ3) is 7.01. The number of amides is 1. The number of nitrogens with one attached hydrogen (secondary N) is 2. The molecule has 0 radical (unpaired) electrons. The number of aromatic nitrogens is 1. The first-order valence-corrected chi connectivity index (χ1v) is 11.3. The van der Waals surface area contributed by atoms with Gasteiger partial charge in [-0.05, 0) is 53.3 Å². The number of rotatable bonds is 8. The second kappa shape index (κ2) is 10.6. The highest BCUT2D eigenvalue weighted by molar-refractivity contribution is 7.90. The lowest BCUT2D eigenvalue weighted by atomic mass is 9.93. The summed E-state index contributed by atoms with van der Waals surface area (Å²) < 4.78 is 30.3. The highest BCUT2D eigenvalue weighted by atomic mass is 32.2.